The number of halogens is 1. The minimum Gasteiger partial charge on any atom is -0.481 e. The summed E-state index contributed by atoms with van der Waals surface area (Å²) in [7, 11) is -3.77. The van der Waals surface area contributed by atoms with Crippen LogP contribution >= 0.6 is 11.6 Å². The first kappa shape index (κ1) is 15.9. The highest BCUT2D eigenvalue weighted by molar-refractivity contribution is 7.89. The molecule has 0 heterocycles. The van der Waals surface area contributed by atoms with Gasteiger partial charge in [-0.25, -0.2) is 8.42 Å². The average Bonchev–Trinajstić information content (AvgIpc) is 2.28. The zero-order valence-electron chi connectivity index (χ0n) is 10.8. The number of carbonyl (C=O) groups is 1. The lowest BCUT2D eigenvalue weighted by molar-refractivity contribution is -0.137. The fraction of sp³-hybridized carbons (Fsp3) is 0.417. The van der Waals surface area contributed by atoms with Crippen LogP contribution in [0.2, 0.25) is 5.02 Å². The van der Waals surface area contributed by atoms with Crippen molar-refractivity contribution in [1.29, 1.82) is 0 Å². The summed E-state index contributed by atoms with van der Waals surface area (Å²) < 4.78 is 26.1. The normalized spacial score (nSPS) is 11.8. The molecule has 0 atom stereocenters. The number of sulfonamides is 1. The van der Waals surface area contributed by atoms with Crippen LogP contribution in [0.4, 0.5) is 0 Å². The second-order valence-corrected chi connectivity index (χ2v) is 6.31. The van der Waals surface area contributed by atoms with Gasteiger partial charge in [0.25, 0.3) is 0 Å². The number of benzene rings is 1. The molecule has 1 N–H and O–H groups in total. The van der Waals surface area contributed by atoms with E-state index in [0.717, 1.165) is 4.31 Å². The smallest absolute Gasteiger partial charge is 0.304 e. The molecule has 0 amide bonds. The average molecular weight is 306 g/mol. The van der Waals surface area contributed by atoms with E-state index in [1.807, 2.05) is 0 Å². The lowest BCUT2D eigenvalue weighted by Gasteiger charge is -2.21. The van der Waals surface area contributed by atoms with E-state index in [1.54, 1.807) is 26.0 Å². The molecule has 0 aliphatic rings. The Morgan fingerprint density at radius 3 is 2.53 bits per heavy atom. The number of aliphatic carboxylic acids is 1. The van der Waals surface area contributed by atoms with Crippen molar-refractivity contribution in [3.05, 3.63) is 28.8 Å². The maximum Gasteiger partial charge on any atom is 0.304 e. The van der Waals surface area contributed by atoms with Gasteiger partial charge in [-0.3, -0.25) is 4.79 Å². The van der Waals surface area contributed by atoms with Gasteiger partial charge in [0.2, 0.25) is 10.0 Å². The van der Waals surface area contributed by atoms with Crippen LogP contribution in [0.1, 0.15) is 18.9 Å². The summed E-state index contributed by atoms with van der Waals surface area (Å²) >= 11 is 5.96. The summed E-state index contributed by atoms with van der Waals surface area (Å²) in [5.41, 5.74) is 0.543. The van der Waals surface area contributed by atoms with E-state index in [1.165, 1.54) is 6.07 Å². The lowest BCUT2D eigenvalue weighted by Crippen LogP contribution is -2.33. The van der Waals surface area contributed by atoms with E-state index in [-0.39, 0.29) is 29.4 Å². The maximum absolute atomic E-state index is 12.5. The molecule has 0 radical (unpaired) electrons. The summed E-state index contributed by atoms with van der Waals surface area (Å²) in [5.74, 6) is -1.04. The number of hydrogen-bond acceptors (Lipinski definition) is 3. The summed E-state index contributed by atoms with van der Waals surface area (Å²) in [6.45, 7) is 3.44. The van der Waals surface area contributed by atoms with Gasteiger partial charge in [0.15, 0.2) is 0 Å². The molecule has 0 bridgehead atoms. The quantitative estimate of drug-likeness (QED) is 0.873. The van der Waals surface area contributed by atoms with E-state index >= 15 is 0 Å². The summed E-state index contributed by atoms with van der Waals surface area (Å²) in [6.07, 6.45) is -0.240. The third kappa shape index (κ3) is 3.68. The van der Waals surface area contributed by atoms with Crippen molar-refractivity contribution < 1.29 is 18.3 Å². The number of hydrogen-bond donors (Lipinski definition) is 1. The molecule has 106 valence electrons. The Labute approximate surface area is 117 Å². The first-order valence-corrected chi connectivity index (χ1v) is 7.59. The zero-order chi connectivity index (χ0) is 14.6. The van der Waals surface area contributed by atoms with Crippen molar-refractivity contribution in [3.63, 3.8) is 0 Å². The van der Waals surface area contributed by atoms with E-state index in [0.29, 0.717) is 5.56 Å². The molecule has 1 aromatic carbocycles. The second kappa shape index (κ2) is 6.36. The number of nitrogens with zero attached hydrogens (tertiary/aromatic N) is 1. The van der Waals surface area contributed by atoms with Gasteiger partial charge in [0, 0.05) is 13.1 Å². The predicted molar refractivity (Wildman–Crippen MR) is 72.9 cm³/mol. The predicted octanol–water partition coefficient (Wildman–Crippen LogP) is 2.13. The van der Waals surface area contributed by atoms with Gasteiger partial charge in [-0.2, -0.15) is 4.31 Å². The second-order valence-electron chi connectivity index (χ2n) is 4.03. The molecule has 1 rings (SSSR count). The Bertz CT molecular complexity index is 551. The van der Waals surface area contributed by atoms with Crippen LogP contribution in [0, 0.1) is 6.92 Å². The molecule has 1 aromatic rings. The number of carboxylic acids is 1. The van der Waals surface area contributed by atoms with Gasteiger partial charge in [-0.15, -0.1) is 0 Å². The van der Waals surface area contributed by atoms with Crippen molar-refractivity contribution in [2.75, 3.05) is 13.1 Å². The summed E-state index contributed by atoms with van der Waals surface area (Å²) in [6, 6.07) is 4.83. The van der Waals surface area contributed by atoms with Gasteiger partial charge in [0.05, 0.1) is 11.4 Å². The summed E-state index contributed by atoms with van der Waals surface area (Å²) in [5, 5.41) is 8.80. The first-order chi connectivity index (χ1) is 8.80. The number of rotatable bonds is 6. The first-order valence-electron chi connectivity index (χ1n) is 5.77. The van der Waals surface area contributed by atoms with Gasteiger partial charge in [-0.1, -0.05) is 30.7 Å². The van der Waals surface area contributed by atoms with Gasteiger partial charge in [-0.05, 0) is 18.6 Å². The summed E-state index contributed by atoms with van der Waals surface area (Å²) in [4.78, 5) is 10.6. The van der Waals surface area contributed by atoms with E-state index in [9.17, 15) is 13.2 Å². The molecule has 0 saturated carbocycles. The number of aryl methyl sites for hydroxylation is 1. The molecule has 0 unspecified atom stereocenters. The Morgan fingerprint density at radius 1 is 1.42 bits per heavy atom. The van der Waals surface area contributed by atoms with Crippen LogP contribution in [0.15, 0.2) is 23.1 Å². The Morgan fingerprint density at radius 2 is 2.05 bits per heavy atom. The van der Waals surface area contributed by atoms with Crippen LogP contribution in [-0.2, 0) is 14.8 Å². The standard InChI is InChI=1S/C12H16ClNO4S/c1-3-14(8-7-11(15)16)19(17,18)12-9(2)5-4-6-10(12)13/h4-6H,3,7-8H2,1-2H3,(H,15,16). The Balaban J connectivity index is 3.17. The lowest BCUT2D eigenvalue weighted by atomic mass is 10.2. The zero-order valence-corrected chi connectivity index (χ0v) is 12.3. The third-order valence-electron chi connectivity index (χ3n) is 2.69. The van der Waals surface area contributed by atoms with E-state index in [2.05, 4.69) is 0 Å². The SMILES string of the molecule is CCN(CCC(=O)O)S(=O)(=O)c1c(C)cccc1Cl. The monoisotopic (exact) mass is 305 g/mol. The highest BCUT2D eigenvalue weighted by Crippen LogP contribution is 2.27. The molecule has 0 saturated heterocycles. The third-order valence-corrected chi connectivity index (χ3v) is 5.29. The molecule has 0 aliphatic heterocycles. The molecule has 5 nitrogen and oxygen atoms in total. The minimum atomic E-state index is -3.77. The molecule has 0 aromatic heterocycles. The van der Waals surface area contributed by atoms with Gasteiger partial charge in [0.1, 0.15) is 4.90 Å². The minimum absolute atomic E-state index is 0.0453. The molecule has 7 heteroatoms. The molecule has 0 spiro atoms. The maximum atomic E-state index is 12.5. The van der Waals surface area contributed by atoms with Crippen molar-refractivity contribution in [2.24, 2.45) is 0 Å². The van der Waals surface area contributed by atoms with Crippen LogP contribution < -0.4 is 0 Å². The number of carboxylic acid groups (broad SMARTS) is 1. The largest absolute Gasteiger partial charge is 0.481 e. The molecular formula is C12H16ClNO4S. The van der Waals surface area contributed by atoms with Crippen LogP contribution in [0.3, 0.4) is 0 Å². The van der Waals surface area contributed by atoms with Gasteiger partial charge >= 0.3 is 5.97 Å². The Kier molecular flexibility index (Phi) is 5.34. The van der Waals surface area contributed by atoms with E-state index < -0.39 is 16.0 Å². The van der Waals surface area contributed by atoms with E-state index in [4.69, 9.17) is 16.7 Å². The molecule has 0 aliphatic carbocycles. The fourth-order valence-corrected chi connectivity index (χ4v) is 3.97. The van der Waals surface area contributed by atoms with Crippen molar-refractivity contribution in [3.8, 4) is 0 Å². The molecular weight excluding hydrogens is 290 g/mol. The van der Waals surface area contributed by atoms with Crippen molar-refractivity contribution in [2.45, 2.75) is 25.2 Å². The van der Waals surface area contributed by atoms with Crippen molar-refractivity contribution >= 4 is 27.6 Å². The highest BCUT2D eigenvalue weighted by Gasteiger charge is 2.27. The van der Waals surface area contributed by atoms with Crippen molar-refractivity contribution in [1.82, 2.24) is 4.31 Å². The van der Waals surface area contributed by atoms with Crippen LogP contribution in [0.25, 0.3) is 0 Å². The highest BCUT2D eigenvalue weighted by atomic mass is 35.5. The van der Waals surface area contributed by atoms with Gasteiger partial charge < -0.3 is 5.11 Å². The topological polar surface area (TPSA) is 74.7 Å². The van der Waals surface area contributed by atoms with Crippen LogP contribution in [-0.4, -0.2) is 36.9 Å². The molecule has 19 heavy (non-hydrogen) atoms. The molecule has 0 fully saturated rings. The Hall–Kier alpha value is -1.11. The fourth-order valence-electron chi connectivity index (χ4n) is 1.74. The van der Waals surface area contributed by atoms with Crippen LogP contribution in [0.5, 0.6) is 0 Å².